The Kier molecular flexibility index (Phi) is 4.05. The van der Waals surface area contributed by atoms with Crippen LogP contribution in [0.2, 0.25) is 0 Å². The van der Waals surface area contributed by atoms with E-state index in [4.69, 9.17) is 15.9 Å². The molecule has 1 rings (SSSR count). The summed E-state index contributed by atoms with van der Waals surface area (Å²) in [5.41, 5.74) is 5.46. The lowest BCUT2D eigenvalue weighted by molar-refractivity contribution is -0.142. The summed E-state index contributed by atoms with van der Waals surface area (Å²) in [5.74, 6) is -1.47. The quantitative estimate of drug-likeness (QED) is 0.546. The predicted molar refractivity (Wildman–Crippen MR) is 52.0 cm³/mol. The molecule has 2 atom stereocenters. The van der Waals surface area contributed by atoms with Gasteiger partial charge in [-0.25, -0.2) is 0 Å². The second kappa shape index (κ2) is 5.09. The monoisotopic (exact) mass is 216 g/mol. The second-order valence-electron chi connectivity index (χ2n) is 3.71. The Hall–Kier alpha value is -1.14. The van der Waals surface area contributed by atoms with Gasteiger partial charge in [-0.05, 0) is 12.8 Å². The minimum absolute atomic E-state index is 0.0917. The van der Waals surface area contributed by atoms with Crippen molar-refractivity contribution in [3.8, 4) is 0 Å². The molecule has 0 aromatic rings. The molecule has 6 nitrogen and oxygen atoms in total. The van der Waals surface area contributed by atoms with Crippen molar-refractivity contribution >= 4 is 11.9 Å². The Bertz CT molecular complexity index is 256. The minimum atomic E-state index is -1.09. The summed E-state index contributed by atoms with van der Waals surface area (Å²) < 4.78 is 0. The largest absolute Gasteiger partial charge is 0.481 e. The summed E-state index contributed by atoms with van der Waals surface area (Å²) >= 11 is 0. The highest BCUT2D eigenvalue weighted by Crippen LogP contribution is 2.17. The highest BCUT2D eigenvalue weighted by atomic mass is 16.4. The topological polar surface area (TPSA) is 104 Å². The molecule has 0 bridgehead atoms. The smallest absolute Gasteiger partial charge is 0.305 e. The fourth-order valence-corrected chi connectivity index (χ4v) is 1.80. The molecule has 1 fully saturated rings. The fourth-order valence-electron chi connectivity index (χ4n) is 1.80. The van der Waals surface area contributed by atoms with Crippen LogP contribution in [0.25, 0.3) is 0 Å². The molecule has 1 amide bonds. The van der Waals surface area contributed by atoms with Crippen LogP contribution in [0.5, 0.6) is 0 Å². The van der Waals surface area contributed by atoms with E-state index in [-0.39, 0.29) is 25.0 Å². The summed E-state index contributed by atoms with van der Waals surface area (Å²) in [7, 11) is 0. The molecule has 0 radical (unpaired) electrons. The maximum atomic E-state index is 11.7. The van der Waals surface area contributed by atoms with Gasteiger partial charge in [-0.2, -0.15) is 0 Å². The van der Waals surface area contributed by atoms with Crippen molar-refractivity contribution in [2.45, 2.75) is 31.3 Å². The second-order valence-corrected chi connectivity index (χ2v) is 3.71. The number of nitrogens with two attached hydrogens (primary N) is 1. The Morgan fingerprint density at radius 3 is 2.73 bits per heavy atom. The standard InChI is InChI=1S/C9H16N2O4/c10-7(4-8(13)14)9(15)11-3-1-2-6(11)5-12/h6-7,12H,1-5,10H2,(H,13,14). The van der Waals surface area contributed by atoms with Crippen LogP contribution in [0.4, 0.5) is 0 Å². The van der Waals surface area contributed by atoms with Crippen LogP contribution in [0.1, 0.15) is 19.3 Å². The molecule has 6 heteroatoms. The number of carbonyl (C=O) groups excluding carboxylic acids is 1. The molecule has 1 saturated heterocycles. The van der Waals surface area contributed by atoms with Gasteiger partial charge in [0.2, 0.25) is 5.91 Å². The first-order valence-electron chi connectivity index (χ1n) is 4.95. The fraction of sp³-hybridized carbons (Fsp3) is 0.778. The molecule has 86 valence electrons. The first-order valence-corrected chi connectivity index (χ1v) is 4.95. The van der Waals surface area contributed by atoms with Crippen molar-refractivity contribution in [1.29, 1.82) is 0 Å². The molecular weight excluding hydrogens is 200 g/mol. The highest BCUT2D eigenvalue weighted by molar-refractivity contribution is 5.86. The lowest BCUT2D eigenvalue weighted by Crippen LogP contribution is -2.47. The number of aliphatic hydroxyl groups is 1. The summed E-state index contributed by atoms with van der Waals surface area (Å²) in [6.07, 6.45) is 1.21. The first kappa shape index (κ1) is 11.9. The molecule has 1 aliphatic heterocycles. The number of amides is 1. The number of aliphatic hydroxyl groups excluding tert-OH is 1. The number of hydrogen-bond acceptors (Lipinski definition) is 4. The highest BCUT2D eigenvalue weighted by Gasteiger charge is 2.31. The zero-order chi connectivity index (χ0) is 11.4. The molecule has 2 unspecified atom stereocenters. The van der Waals surface area contributed by atoms with Crippen molar-refractivity contribution in [3.63, 3.8) is 0 Å². The number of aliphatic carboxylic acids is 1. The number of rotatable bonds is 4. The molecule has 0 aromatic heterocycles. The van der Waals surface area contributed by atoms with Gasteiger partial charge in [-0.1, -0.05) is 0 Å². The van der Waals surface area contributed by atoms with Crippen LogP contribution in [0.3, 0.4) is 0 Å². The Morgan fingerprint density at radius 1 is 1.53 bits per heavy atom. The summed E-state index contributed by atoms with van der Waals surface area (Å²) in [4.78, 5) is 23.5. The van der Waals surface area contributed by atoms with Gasteiger partial charge < -0.3 is 20.8 Å². The van der Waals surface area contributed by atoms with Crippen molar-refractivity contribution < 1.29 is 19.8 Å². The van der Waals surface area contributed by atoms with Crippen LogP contribution < -0.4 is 5.73 Å². The van der Waals surface area contributed by atoms with Crippen LogP contribution >= 0.6 is 0 Å². The average molecular weight is 216 g/mol. The van der Waals surface area contributed by atoms with E-state index in [1.165, 1.54) is 4.90 Å². The molecule has 0 aromatic carbocycles. The van der Waals surface area contributed by atoms with Crippen molar-refractivity contribution in [1.82, 2.24) is 4.90 Å². The van der Waals surface area contributed by atoms with E-state index >= 15 is 0 Å². The lowest BCUT2D eigenvalue weighted by Gasteiger charge is -2.25. The zero-order valence-corrected chi connectivity index (χ0v) is 8.43. The first-order chi connectivity index (χ1) is 7.06. The van der Waals surface area contributed by atoms with E-state index in [1.54, 1.807) is 0 Å². The molecular formula is C9H16N2O4. The van der Waals surface area contributed by atoms with Crippen molar-refractivity contribution in [2.75, 3.05) is 13.2 Å². The van der Waals surface area contributed by atoms with Gasteiger partial charge in [0.15, 0.2) is 0 Å². The van der Waals surface area contributed by atoms with Crippen LogP contribution in [-0.2, 0) is 9.59 Å². The summed E-state index contributed by atoms with van der Waals surface area (Å²) in [6, 6.07) is -1.20. The molecule has 15 heavy (non-hydrogen) atoms. The van der Waals surface area contributed by atoms with Gasteiger partial charge in [0.25, 0.3) is 0 Å². The normalized spacial score (nSPS) is 22.8. The Balaban J connectivity index is 2.55. The third kappa shape index (κ3) is 2.90. The molecule has 0 spiro atoms. The van der Waals surface area contributed by atoms with E-state index < -0.39 is 12.0 Å². The zero-order valence-electron chi connectivity index (χ0n) is 8.43. The predicted octanol–water partition coefficient (Wildman–Crippen LogP) is -1.23. The maximum Gasteiger partial charge on any atom is 0.305 e. The number of likely N-dealkylation sites (tertiary alicyclic amines) is 1. The van der Waals surface area contributed by atoms with E-state index in [1.807, 2.05) is 0 Å². The SMILES string of the molecule is NC(CC(=O)O)C(=O)N1CCCC1CO. The Morgan fingerprint density at radius 2 is 2.20 bits per heavy atom. The molecule has 0 aliphatic carbocycles. The van der Waals surface area contributed by atoms with Gasteiger partial charge in [-0.3, -0.25) is 9.59 Å². The third-order valence-electron chi connectivity index (χ3n) is 2.58. The van der Waals surface area contributed by atoms with E-state index in [2.05, 4.69) is 0 Å². The van der Waals surface area contributed by atoms with Crippen molar-refractivity contribution in [2.24, 2.45) is 5.73 Å². The minimum Gasteiger partial charge on any atom is -0.481 e. The van der Waals surface area contributed by atoms with Gasteiger partial charge in [-0.15, -0.1) is 0 Å². The number of carbonyl (C=O) groups is 2. The Labute approximate surface area is 87.7 Å². The van der Waals surface area contributed by atoms with Crippen LogP contribution in [0, 0.1) is 0 Å². The van der Waals surface area contributed by atoms with Gasteiger partial charge in [0, 0.05) is 6.54 Å². The molecule has 1 aliphatic rings. The summed E-state index contributed by atoms with van der Waals surface area (Å²) in [5, 5.41) is 17.5. The third-order valence-corrected chi connectivity index (χ3v) is 2.58. The van der Waals surface area contributed by atoms with Crippen LogP contribution in [-0.4, -0.2) is 52.2 Å². The van der Waals surface area contributed by atoms with Gasteiger partial charge >= 0.3 is 5.97 Å². The number of hydrogen-bond donors (Lipinski definition) is 3. The van der Waals surface area contributed by atoms with Crippen LogP contribution in [0.15, 0.2) is 0 Å². The molecule has 4 N–H and O–H groups in total. The van der Waals surface area contributed by atoms with E-state index in [9.17, 15) is 9.59 Å². The van der Waals surface area contributed by atoms with Gasteiger partial charge in [0.05, 0.1) is 25.1 Å². The summed E-state index contributed by atoms with van der Waals surface area (Å²) in [6.45, 7) is 0.461. The lowest BCUT2D eigenvalue weighted by atomic mass is 10.1. The maximum absolute atomic E-state index is 11.7. The average Bonchev–Trinajstić information content (AvgIpc) is 2.62. The van der Waals surface area contributed by atoms with E-state index in [0.29, 0.717) is 6.54 Å². The number of carboxylic acids is 1. The molecule has 1 heterocycles. The van der Waals surface area contributed by atoms with E-state index in [0.717, 1.165) is 12.8 Å². The van der Waals surface area contributed by atoms with Gasteiger partial charge in [0.1, 0.15) is 0 Å². The number of carboxylic acid groups (broad SMARTS) is 1. The number of nitrogens with zero attached hydrogens (tertiary/aromatic N) is 1. The van der Waals surface area contributed by atoms with Crippen molar-refractivity contribution in [3.05, 3.63) is 0 Å². The molecule has 0 saturated carbocycles.